The topological polar surface area (TPSA) is 67.6 Å². The lowest BCUT2D eigenvalue weighted by molar-refractivity contribution is -0.00800. The molecule has 3 rings (SSSR count). The molecule has 2 aromatic rings. The van der Waals surface area contributed by atoms with Crippen molar-refractivity contribution in [2.24, 2.45) is 12.0 Å². The molecule has 156 valence electrons. The summed E-state index contributed by atoms with van der Waals surface area (Å²) in [6.45, 7) is 9.70. The maximum atomic E-state index is 5.92. The number of nitrogens with zero attached hydrogens (tertiary/aromatic N) is 5. The Morgan fingerprint density at radius 2 is 2.21 bits per heavy atom. The maximum Gasteiger partial charge on any atom is 0.193 e. The van der Waals surface area contributed by atoms with Gasteiger partial charge in [-0.15, -0.1) is 35.3 Å². The zero-order chi connectivity index (χ0) is 19.4. The monoisotopic (exact) mass is 518 g/mol. The third-order valence-corrected chi connectivity index (χ3v) is 5.53. The van der Waals surface area contributed by atoms with Gasteiger partial charge < -0.3 is 15.0 Å². The van der Waals surface area contributed by atoms with E-state index in [9.17, 15) is 0 Å². The van der Waals surface area contributed by atoms with Crippen molar-refractivity contribution in [2.45, 2.75) is 38.7 Å². The Labute approximate surface area is 188 Å². The number of thiazole rings is 1. The molecule has 0 spiro atoms. The minimum atomic E-state index is 0. The van der Waals surface area contributed by atoms with E-state index < -0.39 is 0 Å². The van der Waals surface area contributed by atoms with Crippen LogP contribution in [-0.2, 0) is 23.6 Å². The van der Waals surface area contributed by atoms with E-state index in [2.05, 4.69) is 46.5 Å². The number of morpholine rings is 1. The summed E-state index contributed by atoms with van der Waals surface area (Å²) < 4.78 is 7.73. The molecule has 9 heteroatoms. The van der Waals surface area contributed by atoms with Gasteiger partial charge in [-0.1, -0.05) is 20.8 Å². The van der Waals surface area contributed by atoms with Crippen LogP contribution in [0.25, 0.3) is 0 Å². The molecule has 0 amide bonds. The summed E-state index contributed by atoms with van der Waals surface area (Å²) in [6, 6.07) is 0. The number of aryl methyl sites for hydroxylation is 1. The zero-order valence-electron chi connectivity index (χ0n) is 17.3. The van der Waals surface area contributed by atoms with Gasteiger partial charge >= 0.3 is 0 Å². The number of rotatable bonds is 4. The fourth-order valence-corrected chi connectivity index (χ4v) is 4.06. The fraction of sp³-hybridized carbons (Fsp3) is 0.632. The molecule has 1 saturated heterocycles. The van der Waals surface area contributed by atoms with Crippen molar-refractivity contribution in [3.63, 3.8) is 0 Å². The van der Waals surface area contributed by atoms with Crippen molar-refractivity contribution >= 4 is 41.3 Å². The van der Waals surface area contributed by atoms with Crippen LogP contribution in [0.1, 0.15) is 43.1 Å². The number of halogens is 1. The quantitative estimate of drug-likeness (QED) is 0.383. The molecule has 0 aromatic carbocycles. The van der Waals surface area contributed by atoms with Gasteiger partial charge in [-0.05, 0) is 0 Å². The van der Waals surface area contributed by atoms with Crippen LogP contribution in [-0.4, -0.2) is 58.9 Å². The Kier molecular flexibility index (Phi) is 8.26. The van der Waals surface area contributed by atoms with Crippen molar-refractivity contribution in [3.05, 3.63) is 34.0 Å². The first-order valence-corrected chi connectivity index (χ1v) is 10.3. The highest BCUT2D eigenvalue weighted by molar-refractivity contribution is 14.0. The minimum absolute atomic E-state index is 0. The molecule has 1 unspecified atom stereocenters. The maximum absolute atomic E-state index is 5.92. The van der Waals surface area contributed by atoms with Crippen molar-refractivity contribution in [2.75, 3.05) is 33.3 Å². The van der Waals surface area contributed by atoms with Crippen LogP contribution in [0.5, 0.6) is 0 Å². The first kappa shape index (κ1) is 23.1. The van der Waals surface area contributed by atoms with Crippen molar-refractivity contribution in [1.82, 2.24) is 25.0 Å². The summed E-state index contributed by atoms with van der Waals surface area (Å²) in [5.41, 5.74) is 2.38. The predicted octanol–water partition coefficient (Wildman–Crippen LogP) is 2.98. The molecule has 1 atom stereocenters. The number of hydrogen-bond acceptors (Lipinski definition) is 5. The summed E-state index contributed by atoms with van der Waals surface area (Å²) in [5.74, 6) is 0.916. The van der Waals surface area contributed by atoms with E-state index in [4.69, 9.17) is 9.72 Å². The van der Waals surface area contributed by atoms with Crippen LogP contribution >= 0.6 is 35.3 Å². The molecule has 0 radical (unpaired) electrons. The standard InChI is InChI=1S/C19H30N6OS.HI/c1-19(2,3)16-13-27-17(23-16)6-7-21-18(20-4)25-8-9-26-15(12-25)14-10-22-24(5)11-14;/h10-11,13,15H,6-9,12H2,1-5H3,(H,20,21);1H. The van der Waals surface area contributed by atoms with Crippen LogP contribution in [0.15, 0.2) is 22.8 Å². The molecule has 0 bridgehead atoms. The average Bonchev–Trinajstić information content (AvgIpc) is 3.28. The number of aromatic nitrogens is 3. The summed E-state index contributed by atoms with van der Waals surface area (Å²) in [6.07, 6.45) is 4.81. The lowest BCUT2D eigenvalue weighted by Gasteiger charge is -2.34. The van der Waals surface area contributed by atoms with Gasteiger partial charge in [-0.2, -0.15) is 5.10 Å². The molecule has 1 N–H and O–H groups in total. The smallest absolute Gasteiger partial charge is 0.193 e. The zero-order valence-corrected chi connectivity index (χ0v) is 20.5. The van der Waals surface area contributed by atoms with Gasteiger partial charge in [-0.25, -0.2) is 4.98 Å². The molecule has 28 heavy (non-hydrogen) atoms. The normalized spacial score (nSPS) is 18.1. The Morgan fingerprint density at radius 3 is 2.82 bits per heavy atom. The second-order valence-electron chi connectivity index (χ2n) is 7.85. The molecule has 0 aliphatic carbocycles. The van der Waals surface area contributed by atoms with Crippen molar-refractivity contribution in [1.29, 1.82) is 0 Å². The molecular formula is C19H31IN6OS. The average molecular weight is 518 g/mol. The van der Waals surface area contributed by atoms with Gasteiger partial charge in [0.05, 0.1) is 30.1 Å². The van der Waals surface area contributed by atoms with Gasteiger partial charge in [0, 0.05) is 56.2 Å². The number of hydrogen-bond donors (Lipinski definition) is 1. The summed E-state index contributed by atoms with van der Waals surface area (Å²) in [4.78, 5) is 11.5. The number of aliphatic imine (C=N–C) groups is 1. The van der Waals surface area contributed by atoms with Gasteiger partial charge in [0.15, 0.2) is 5.96 Å². The largest absolute Gasteiger partial charge is 0.370 e. The lowest BCUT2D eigenvalue weighted by atomic mass is 9.93. The Bertz CT molecular complexity index is 781. The van der Waals surface area contributed by atoms with Crippen LogP contribution in [0.4, 0.5) is 0 Å². The minimum Gasteiger partial charge on any atom is -0.370 e. The Hall–Kier alpha value is -1.20. The van der Waals surface area contributed by atoms with Gasteiger partial charge in [0.25, 0.3) is 0 Å². The molecule has 2 aromatic heterocycles. The number of nitrogens with one attached hydrogen (secondary N) is 1. The first-order chi connectivity index (χ1) is 12.9. The molecule has 0 saturated carbocycles. The van der Waals surface area contributed by atoms with Gasteiger partial charge in [0.1, 0.15) is 6.10 Å². The summed E-state index contributed by atoms with van der Waals surface area (Å²) >= 11 is 1.74. The van der Waals surface area contributed by atoms with E-state index in [-0.39, 0.29) is 35.5 Å². The predicted molar refractivity (Wildman–Crippen MR) is 125 cm³/mol. The van der Waals surface area contributed by atoms with E-state index in [0.717, 1.165) is 42.6 Å². The van der Waals surface area contributed by atoms with Gasteiger partial charge in [-0.3, -0.25) is 9.67 Å². The molecule has 1 aliphatic heterocycles. The highest BCUT2D eigenvalue weighted by atomic mass is 127. The van der Waals surface area contributed by atoms with E-state index >= 15 is 0 Å². The van der Waals surface area contributed by atoms with Crippen LogP contribution in [0.3, 0.4) is 0 Å². The van der Waals surface area contributed by atoms with Crippen LogP contribution in [0, 0.1) is 0 Å². The van der Waals surface area contributed by atoms with Crippen LogP contribution in [0.2, 0.25) is 0 Å². The summed E-state index contributed by atoms with van der Waals surface area (Å²) in [5, 5.41) is 11.1. The SMILES string of the molecule is CN=C(NCCc1nc(C(C)(C)C)cs1)N1CCOC(c2cnn(C)c2)C1.I. The molecule has 1 aliphatic rings. The molecule has 1 fully saturated rings. The van der Waals surface area contributed by atoms with Gasteiger partial charge in [0.2, 0.25) is 0 Å². The fourth-order valence-electron chi connectivity index (χ4n) is 3.03. The first-order valence-electron chi connectivity index (χ1n) is 9.37. The van der Waals surface area contributed by atoms with Crippen molar-refractivity contribution in [3.8, 4) is 0 Å². The highest BCUT2D eigenvalue weighted by Gasteiger charge is 2.25. The number of guanidine groups is 1. The second-order valence-corrected chi connectivity index (χ2v) is 8.80. The van der Waals surface area contributed by atoms with E-state index in [0.29, 0.717) is 6.61 Å². The van der Waals surface area contributed by atoms with Crippen molar-refractivity contribution < 1.29 is 4.74 Å². The third kappa shape index (κ3) is 5.90. The van der Waals surface area contributed by atoms with E-state index in [1.54, 1.807) is 11.3 Å². The summed E-state index contributed by atoms with van der Waals surface area (Å²) in [7, 11) is 3.76. The molecule has 3 heterocycles. The molecular weight excluding hydrogens is 487 g/mol. The Morgan fingerprint density at radius 1 is 1.43 bits per heavy atom. The highest BCUT2D eigenvalue weighted by Crippen LogP contribution is 2.24. The van der Waals surface area contributed by atoms with E-state index in [1.165, 1.54) is 5.69 Å². The van der Waals surface area contributed by atoms with E-state index in [1.807, 2.05) is 31.2 Å². The van der Waals surface area contributed by atoms with Crippen LogP contribution < -0.4 is 5.32 Å². The Balaban J connectivity index is 0.00000280. The second kappa shape index (κ2) is 10.0. The lowest BCUT2D eigenvalue weighted by Crippen LogP contribution is -2.48. The number of ether oxygens (including phenoxy) is 1. The molecule has 7 nitrogen and oxygen atoms in total. The third-order valence-electron chi connectivity index (χ3n) is 4.62.